The number of likely N-dealkylation sites (N-methyl/N-ethyl adjacent to an activating group) is 1. The lowest BCUT2D eigenvalue weighted by Gasteiger charge is -2.29. The molecule has 0 aliphatic carbocycles. The van der Waals surface area contributed by atoms with Gasteiger partial charge in [-0.25, -0.2) is 0 Å². The summed E-state index contributed by atoms with van der Waals surface area (Å²) in [5.74, 6) is 0.844. The monoisotopic (exact) mass is 326 g/mol. The van der Waals surface area contributed by atoms with Crippen molar-refractivity contribution < 1.29 is 9.53 Å². The number of nitrogens with zero attached hydrogens (tertiary/aromatic N) is 1. The molecule has 1 amide bonds. The van der Waals surface area contributed by atoms with E-state index in [9.17, 15) is 4.79 Å². The van der Waals surface area contributed by atoms with Crippen LogP contribution in [0.2, 0.25) is 0 Å². The Labute approximate surface area is 144 Å². The van der Waals surface area contributed by atoms with Crippen LogP contribution in [0.4, 0.5) is 0 Å². The van der Waals surface area contributed by atoms with E-state index in [0.717, 1.165) is 30.0 Å². The fourth-order valence-electron chi connectivity index (χ4n) is 2.78. The van der Waals surface area contributed by atoms with Gasteiger partial charge < -0.3 is 10.1 Å². The maximum atomic E-state index is 12.8. The van der Waals surface area contributed by atoms with Gasteiger partial charge in [0, 0.05) is 6.54 Å². The molecule has 0 bridgehead atoms. The minimum atomic E-state index is -0.264. The number of hydrogen-bond donors (Lipinski definition) is 1. The van der Waals surface area contributed by atoms with Crippen molar-refractivity contribution in [2.75, 3.05) is 20.2 Å². The highest BCUT2D eigenvalue weighted by Gasteiger charge is 2.25. The average molecular weight is 326 g/mol. The van der Waals surface area contributed by atoms with Crippen molar-refractivity contribution in [1.82, 2.24) is 10.2 Å². The summed E-state index contributed by atoms with van der Waals surface area (Å²) in [4.78, 5) is 15.0. The molecule has 1 unspecified atom stereocenters. The minimum absolute atomic E-state index is 0.0284. The van der Waals surface area contributed by atoms with Gasteiger partial charge >= 0.3 is 0 Å². The van der Waals surface area contributed by atoms with Gasteiger partial charge in [-0.1, -0.05) is 56.3 Å². The largest absolute Gasteiger partial charge is 0.497 e. The highest BCUT2D eigenvalue weighted by Crippen LogP contribution is 2.21. The van der Waals surface area contributed by atoms with E-state index in [-0.39, 0.29) is 11.9 Å². The van der Waals surface area contributed by atoms with Crippen molar-refractivity contribution in [2.45, 2.75) is 26.4 Å². The minimum Gasteiger partial charge on any atom is -0.497 e. The molecule has 2 aromatic carbocycles. The molecule has 24 heavy (non-hydrogen) atoms. The van der Waals surface area contributed by atoms with Crippen molar-refractivity contribution in [3.05, 3.63) is 65.7 Å². The molecule has 0 saturated carbocycles. The van der Waals surface area contributed by atoms with E-state index in [4.69, 9.17) is 4.74 Å². The first-order valence-electron chi connectivity index (χ1n) is 8.39. The molecule has 0 aliphatic rings. The highest BCUT2D eigenvalue weighted by atomic mass is 16.5. The number of ether oxygens (including phenoxy) is 1. The van der Waals surface area contributed by atoms with E-state index >= 15 is 0 Å². The second kappa shape index (κ2) is 9.08. The summed E-state index contributed by atoms with van der Waals surface area (Å²) >= 11 is 0. The first-order chi connectivity index (χ1) is 11.7. The maximum absolute atomic E-state index is 12.8. The van der Waals surface area contributed by atoms with E-state index in [0.29, 0.717) is 6.54 Å². The van der Waals surface area contributed by atoms with Crippen molar-refractivity contribution in [2.24, 2.45) is 0 Å². The molecule has 0 saturated heterocycles. The standard InChI is InChI=1S/C20H26N2O2/c1-4-22(5-2)19(17-9-7-6-8-10-17)20(23)21-15-16-11-13-18(24-3)14-12-16/h6-14,19H,4-5,15H2,1-3H3,(H,21,23). The molecule has 4 heteroatoms. The fraction of sp³-hybridized carbons (Fsp3) is 0.350. The number of benzene rings is 2. The molecule has 0 aliphatic heterocycles. The zero-order valence-electron chi connectivity index (χ0n) is 14.7. The van der Waals surface area contributed by atoms with E-state index in [2.05, 4.69) is 24.1 Å². The summed E-state index contributed by atoms with van der Waals surface area (Å²) < 4.78 is 5.16. The first kappa shape index (κ1) is 18.0. The molecule has 0 spiro atoms. The first-order valence-corrected chi connectivity index (χ1v) is 8.39. The van der Waals surface area contributed by atoms with Crippen LogP contribution in [0, 0.1) is 0 Å². The van der Waals surface area contributed by atoms with Crippen LogP contribution in [-0.2, 0) is 11.3 Å². The van der Waals surface area contributed by atoms with Crippen LogP contribution in [0.5, 0.6) is 5.75 Å². The van der Waals surface area contributed by atoms with E-state index in [1.807, 2.05) is 54.6 Å². The second-order valence-electron chi connectivity index (χ2n) is 5.60. The molecule has 4 nitrogen and oxygen atoms in total. The lowest BCUT2D eigenvalue weighted by atomic mass is 10.0. The summed E-state index contributed by atoms with van der Waals surface area (Å²) in [6.07, 6.45) is 0. The van der Waals surface area contributed by atoms with Crippen LogP contribution < -0.4 is 10.1 Å². The van der Waals surface area contributed by atoms with Gasteiger partial charge in [0.1, 0.15) is 11.8 Å². The van der Waals surface area contributed by atoms with Crippen molar-refractivity contribution in [3.63, 3.8) is 0 Å². The summed E-state index contributed by atoms with van der Waals surface area (Å²) in [5.41, 5.74) is 2.07. The molecular weight excluding hydrogens is 300 g/mol. The molecule has 0 fully saturated rings. The zero-order chi connectivity index (χ0) is 17.4. The Hall–Kier alpha value is -2.33. The lowest BCUT2D eigenvalue weighted by Crippen LogP contribution is -2.40. The third-order valence-corrected chi connectivity index (χ3v) is 4.17. The third-order valence-electron chi connectivity index (χ3n) is 4.17. The molecule has 2 aromatic rings. The van der Waals surface area contributed by atoms with Crippen molar-refractivity contribution in [3.8, 4) is 5.75 Å². The van der Waals surface area contributed by atoms with Gasteiger partial charge in [0.05, 0.1) is 7.11 Å². The smallest absolute Gasteiger partial charge is 0.242 e. The summed E-state index contributed by atoms with van der Waals surface area (Å²) in [6, 6.07) is 17.4. The zero-order valence-corrected chi connectivity index (χ0v) is 14.7. The van der Waals surface area contributed by atoms with Gasteiger partial charge in [-0.05, 0) is 36.3 Å². The van der Waals surface area contributed by atoms with Crippen LogP contribution in [0.1, 0.15) is 31.0 Å². The number of nitrogens with one attached hydrogen (secondary N) is 1. The van der Waals surface area contributed by atoms with Gasteiger partial charge in [0.2, 0.25) is 5.91 Å². The Balaban J connectivity index is 2.09. The van der Waals surface area contributed by atoms with E-state index in [1.54, 1.807) is 7.11 Å². The molecule has 0 aromatic heterocycles. The number of amides is 1. The van der Waals surface area contributed by atoms with Gasteiger partial charge in [0.25, 0.3) is 0 Å². The normalized spacial score (nSPS) is 12.0. The van der Waals surface area contributed by atoms with Crippen LogP contribution in [0.25, 0.3) is 0 Å². The molecule has 128 valence electrons. The van der Waals surface area contributed by atoms with Gasteiger partial charge in [0.15, 0.2) is 0 Å². The fourth-order valence-corrected chi connectivity index (χ4v) is 2.78. The third kappa shape index (κ3) is 4.59. The second-order valence-corrected chi connectivity index (χ2v) is 5.60. The average Bonchev–Trinajstić information content (AvgIpc) is 2.65. The Morgan fingerprint density at radius 2 is 1.67 bits per heavy atom. The van der Waals surface area contributed by atoms with Crippen LogP contribution in [0.15, 0.2) is 54.6 Å². The summed E-state index contributed by atoms with van der Waals surface area (Å²) in [7, 11) is 1.64. The molecule has 0 radical (unpaired) electrons. The number of methoxy groups -OCH3 is 1. The quantitative estimate of drug-likeness (QED) is 0.808. The van der Waals surface area contributed by atoms with E-state index in [1.165, 1.54) is 0 Å². The maximum Gasteiger partial charge on any atom is 0.242 e. The Bertz CT molecular complexity index is 622. The molecule has 1 N–H and O–H groups in total. The molecular formula is C20H26N2O2. The van der Waals surface area contributed by atoms with Gasteiger partial charge in [-0.3, -0.25) is 9.69 Å². The Kier molecular flexibility index (Phi) is 6.82. The van der Waals surface area contributed by atoms with Crippen molar-refractivity contribution >= 4 is 5.91 Å². The topological polar surface area (TPSA) is 41.6 Å². The molecule has 2 rings (SSSR count). The summed E-state index contributed by atoms with van der Waals surface area (Å²) in [5, 5.41) is 3.06. The number of carbonyl (C=O) groups excluding carboxylic acids is 1. The number of carbonyl (C=O) groups is 1. The van der Waals surface area contributed by atoms with Crippen LogP contribution in [-0.4, -0.2) is 31.0 Å². The lowest BCUT2D eigenvalue weighted by molar-refractivity contribution is -0.126. The Morgan fingerprint density at radius 1 is 1.04 bits per heavy atom. The SMILES string of the molecule is CCN(CC)C(C(=O)NCc1ccc(OC)cc1)c1ccccc1. The highest BCUT2D eigenvalue weighted by molar-refractivity contribution is 5.83. The van der Waals surface area contributed by atoms with Gasteiger partial charge in [-0.2, -0.15) is 0 Å². The van der Waals surface area contributed by atoms with Gasteiger partial charge in [-0.15, -0.1) is 0 Å². The number of hydrogen-bond acceptors (Lipinski definition) is 3. The van der Waals surface area contributed by atoms with Crippen molar-refractivity contribution in [1.29, 1.82) is 0 Å². The number of rotatable bonds is 8. The van der Waals surface area contributed by atoms with Crippen LogP contribution in [0.3, 0.4) is 0 Å². The summed E-state index contributed by atoms with van der Waals surface area (Å²) in [6.45, 7) is 6.32. The van der Waals surface area contributed by atoms with Crippen LogP contribution >= 0.6 is 0 Å². The predicted molar refractivity (Wildman–Crippen MR) is 96.9 cm³/mol. The molecule has 0 heterocycles. The molecule has 1 atom stereocenters. The predicted octanol–water partition coefficient (Wildman–Crippen LogP) is 3.39. The van der Waals surface area contributed by atoms with E-state index < -0.39 is 0 Å². The Morgan fingerprint density at radius 3 is 2.21 bits per heavy atom.